The third kappa shape index (κ3) is 1.14. The van der Waals surface area contributed by atoms with Crippen molar-refractivity contribution in [2.24, 2.45) is 4.99 Å². The molecule has 0 saturated heterocycles. The Balaban J connectivity index is 2.03. The number of hydrogen-bond acceptors (Lipinski definition) is 2. The molecule has 1 aliphatic heterocycles. The summed E-state index contributed by atoms with van der Waals surface area (Å²) < 4.78 is 0. The molecule has 92 valence electrons. The van der Waals surface area contributed by atoms with Crippen LogP contribution in [0, 0.1) is 10.4 Å². The molecule has 0 spiro atoms. The van der Waals surface area contributed by atoms with E-state index in [1.165, 1.54) is 26.8 Å². The second kappa shape index (κ2) is 3.42. The molecule has 2 aliphatic rings. The number of rotatable bonds is 0. The molecular formula is C18H10N2. The molecule has 0 N–H and O–H groups in total. The van der Waals surface area contributed by atoms with Crippen LogP contribution < -0.4 is 10.6 Å². The van der Waals surface area contributed by atoms with Crippen LogP contribution >= 0.6 is 0 Å². The summed E-state index contributed by atoms with van der Waals surface area (Å²) in [7, 11) is 0. The zero-order valence-corrected chi connectivity index (χ0v) is 10.7. The van der Waals surface area contributed by atoms with Gasteiger partial charge in [-0.05, 0) is 45.5 Å². The molecule has 3 aromatic rings. The minimum atomic E-state index is 0.972. The summed E-state index contributed by atoms with van der Waals surface area (Å²) in [5.74, 6) is 0. The number of hydrogen-bond donors (Lipinski definition) is 0. The van der Waals surface area contributed by atoms with Crippen LogP contribution in [0.4, 0.5) is 5.69 Å². The van der Waals surface area contributed by atoms with E-state index in [1.807, 2.05) is 18.3 Å². The van der Waals surface area contributed by atoms with Gasteiger partial charge in [-0.2, -0.15) is 0 Å². The molecule has 0 unspecified atom stereocenters. The van der Waals surface area contributed by atoms with E-state index >= 15 is 0 Å². The zero-order chi connectivity index (χ0) is 13.1. The summed E-state index contributed by atoms with van der Waals surface area (Å²) in [4.78, 5) is 9.20. The molecular weight excluding hydrogens is 244 g/mol. The van der Waals surface area contributed by atoms with Gasteiger partial charge in [0.05, 0.1) is 16.7 Å². The molecule has 0 fully saturated rings. The van der Waals surface area contributed by atoms with Crippen molar-refractivity contribution in [3.8, 4) is 11.3 Å². The van der Waals surface area contributed by atoms with Gasteiger partial charge in [0.15, 0.2) is 0 Å². The van der Waals surface area contributed by atoms with Gasteiger partial charge < -0.3 is 0 Å². The first-order valence-corrected chi connectivity index (χ1v) is 6.70. The van der Waals surface area contributed by atoms with Crippen molar-refractivity contribution in [2.75, 3.05) is 0 Å². The summed E-state index contributed by atoms with van der Waals surface area (Å²) in [5, 5.41) is 4.89. The average Bonchev–Trinajstić information content (AvgIpc) is 3.04. The van der Waals surface area contributed by atoms with E-state index in [2.05, 4.69) is 52.5 Å². The first kappa shape index (κ1) is 10.1. The Morgan fingerprint density at radius 2 is 1.75 bits per heavy atom. The van der Waals surface area contributed by atoms with E-state index < -0.39 is 0 Å². The van der Waals surface area contributed by atoms with Crippen molar-refractivity contribution in [3.05, 3.63) is 81.3 Å². The first-order chi connectivity index (χ1) is 9.92. The van der Waals surface area contributed by atoms with Crippen molar-refractivity contribution in [3.63, 3.8) is 0 Å². The van der Waals surface area contributed by atoms with Gasteiger partial charge in [-0.1, -0.05) is 30.3 Å². The molecule has 2 heteroatoms. The summed E-state index contributed by atoms with van der Waals surface area (Å²) in [6.45, 7) is 0. The van der Waals surface area contributed by atoms with E-state index in [0.29, 0.717) is 0 Å². The lowest BCUT2D eigenvalue weighted by atomic mass is 10.0. The van der Waals surface area contributed by atoms with Gasteiger partial charge in [0.2, 0.25) is 0 Å². The Morgan fingerprint density at radius 3 is 2.75 bits per heavy atom. The fourth-order valence-corrected chi connectivity index (χ4v) is 3.17. The molecule has 0 radical (unpaired) electrons. The Kier molecular flexibility index (Phi) is 1.73. The van der Waals surface area contributed by atoms with E-state index in [9.17, 15) is 0 Å². The van der Waals surface area contributed by atoms with Crippen molar-refractivity contribution >= 4 is 11.8 Å². The monoisotopic (exact) mass is 254 g/mol. The molecule has 0 saturated carbocycles. The molecule has 0 amide bonds. The fourth-order valence-electron chi connectivity index (χ4n) is 3.17. The summed E-state index contributed by atoms with van der Waals surface area (Å²) in [6, 6.07) is 16.7. The van der Waals surface area contributed by atoms with Gasteiger partial charge in [0, 0.05) is 11.8 Å². The maximum absolute atomic E-state index is 4.67. The zero-order valence-electron chi connectivity index (χ0n) is 10.7. The molecule has 2 nitrogen and oxygen atoms in total. The third-order valence-electron chi connectivity index (χ3n) is 4.04. The average molecular weight is 254 g/mol. The van der Waals surface area contributed by atoms with E-state index in [4.69, 9.17) is 0 Å². The molecule has 2 aromatic carbocycles. The molecule has 1 aliphatic carbocycles. The Labute approximate surface area is 115 Å². The van der Waals surface area contributed by atoms with E-state index in [1.54, 1.807) is 0 Å². The van der Waals surface area contributed by atoms with Gasteiger partial charge in [-0.25, -0.2) is 4.99 Å². The van der Waals surface area contributed by atoms with E-state index in [-0.39, 0.29) is 0 Å². The van der Waals surface area contributed by atoms with Gasteiger partial charge in [-0.15, -0.1) is 0 Å². The fraction of sp³-hybridized carbons (Fsp3) is 0. The minimum Gasteiger partial charge on any atom is -0.254 e. The standard InChI is InChI=1S/C18H10N2/c1-2-5-12-11(4-1)10-14-13(12)7-8-15-17(14)18-16(20-15)6-3-9-19-18/h1-10H. The van der Waals surface area contributed by atoms with Gasteiger partial charge in [0.1, 0.15) is 0 Å². The van der Waals surface area contributed by atoms with Crippen LogP contribution in [0.25, 0.3) is 17.3 Å². The van der Waals surface area contributed by atoms with Crippen molar-refractivity contribution in [2.45, 2.75) is 0 Å². The predicted octanol–water partition coefficient (Wildman–Crippen LogP) is 2.44. The van der Waals surface area contributed by atoms with Crippen LogP contribution in [0.2, 0.25) is 0 Å². The van der Waals surface area contributed by atoms with Gasteiger partial charge >= 0.3 is 0 Å². The van der Waals surface area contributed by atoms with Crippen LogP contribution in [0.1, 0.15) is 5.56 Å². The smallest absolute Gasteiger partial charge is 0.0986 e. The van der Waals surface area contributed by atoms with Crippen LogP contribution in [-0.4, -0.2) is 4.98 Å². The van der Waals surface area contributed by atoms with Crippen molar-refractivity contribution in [1.82, 2.24) is 4.98 Å². The first-order valence-electron chi connectivity index (χ1n) is 6.70. The van der Waals surface area contributed by atoms with Gasteiger partial charge in [0.25, 0.3) is 0 Å². The highest BCUT2D eigenvalue weighted by atomic mass is 14.8. The quantitative estimate of drug-likeness (QED) is 0.416. The molecule has 0 bridgehead atoms. The maximum Gasteiger partial charge on any atom is 0.0986 e. The lowest BCUT2D eigenvalue weighted by Crippen LogP contribution is -2.03. The number of nitrogens with zero attached hydrogens (tertiary/aromatic N) is 2. The van der Waals surface area contributed by atoms with Crippen molar-refractivity contribution in [1.29, 1.82) is 0 Å². The number of aromatic nitrogens is 1. The Bertz CT molecular complexity index is 1090. The Hall–Kier alpha value is -2.74. The summed E-state index contributed by atoms with van der Waals surface area (Å²) in [5.41, 5.74) is 4.41. The second-order valence-electron chi connectivity index (χ2n) is 5.14. The Morgan fingerprint density at radius 1 is 0.800 bits per heavy atom. The van der Waals surface area contributed by atoms with Crippen LogP contribution in [0.5, 0.6) is 0 Å². The highest BCUT2D eigenvalue weighted by Crippen LogP contribution is 2.33. The predicted molar refractivity (Wildman–Crippen MR) is 77.8 cm³/mol. The normalized spacial score (nSPS) is 12.8. The second-order valence-corrected chi connectivity index (χ2v) is 5.14. The highest BCUT2D eigenvalue weighted by Gasteiger charge is 2.19. The summed E-state index contributed by atoms with van der Waals surface area (Å²) >= 11 is 0. The molecule has 1 aromatic heterocycles. The molecule has 5 rings (SSSR count). The van der Waals surface area contributed by atoms with Gasteiger partial charge in [-0.3, -0.25) is 4.98 Å². The largest absolute Gasteiger partial charge is 0.254 e. The lowest BCUT2D eigenvalue weighted by Gasteiger charge is -2.01. The van der Waals surface area contributed by atoms with Crippen molar-refractivity contribution < 1.29 is 0 Å². The molecule has 0 atom stereocenters. The SMILES string of the molecule is C1=c2ccccc2=c2ccc3c(c21)-c1ncccc1N=3. The van der Waals surface area contributed by atoms with E-state index in [0.717, 1.165) is 16.7 Å². The number of pyridine rings is 1. The van der Waals surface area contributed by atoms with Crippen LogP contribution in [-0.2, 0) is 0 Å². The third-order valence-corrected chi connectivity index (χ3v) is 4.04. The topological polar surface area (TPSA) is 25.2 Å². The number of benzene rings is 2. The van der Waals surface area contributed by atoms with Crippen LogP contribution in [0.15, 0.2) is 59.7 Å². The van der Waals surface area contributed by atoms with Crippen LogP contribution in [0.3, 0.4) is 0 Å². The molecule has 2 heterocycles. The maximum atomic E-state index is 4.67. The minimum absolute atomic E-state index is 0.972. The lowest BCUT2D eigenvalue weighted by molar-refractivity contribution is 1.33. The highest BCUT2D eigenvalue weighted by molar-refractivity contribution is 5.83. The molecule has 20 heavy (non-hydrogen) atoms. The summed E-state index contributed by atoms with van der Waals surface area (Å²) in [6.07, 6.45) is 4.09. The number of fused-ring (bicyclic) bond motifs is 6.